The molecule has 6 nitrogen and oxygen atoms in total. The predicted octanol–water partition coefficient (Wildman–Crippen LogP) is 1.65. The zero-order valence-corrected chi connectivity index (χ0v) is 12.2. The third kappa shape index (κ3) is 3.11. The summed E-state index contributed by atoms with van der Waals surface area (Å²) in [7, 11) is 0. The van der Waals surface area contributed by atoms with Gasteiger partial charge in [0.1, 0.15) is 5.69 Å². The normalized spacial score (nSPS) is 16.1. The van der Waals surface area contributed by atoms with Gasteiger partial charge in [0.2, 0.25) is 17.5 Å². The molecule has 0 N–H and O–H groups in total. The van der Waals surface area contributed by atoms with E-state index in [0.717, 1.165) is 0 Å². The Morgan fingerprint density at radius 3 is 2.09 bits per heavy atom. The van der Waals surface area contributed by atoms with Crippen molar-refractivity contribution in [3.63, 3.8) is 0 Å². The fourth-order valence-corrected chi connectivity index (χ4v) is 2.48. The highest BCUT2D eigenvalue weighted by molar-refractivity contribution is 5.49. The molecule has 0 spiro atoms. The van der Waals surface area contributed by atoms with E-state index >= 15 is 0 Å². The molecule has 0 radical (unpaired) electrons. The number of anilines is 1. The van der Waals surface area contributed by atoms with Gasteiger partial charge in [-0.2, -0.15) is 27.5 Å². The third-order valence-corrected chi connectivity index (χ3v) is 3.59. The molecular weight excluding hydrogens is 318 g/mol. The van der Waals surface area contributed by atoms with Crippen LogP contribution in [0.15, 0.2) is 4.52 Å². The lowest BCUT2D eigenvalue weighted by atomic mass is 10.2. The summed E-state index contributed by atoms with van der Waals surface area (Å²) in [5.41, 5.74) is -0.719. The van der Waals surface area contributed by atoms with Crippen molar-refractivity contribution >= 4 is 5.69 Å². The minimum atomic E-state index is -1.65. The summed E-state index contributed by atoms with van der Waals surface area (Å²) in [6.07, 6.45) is 0. The van der Waals surface area contributed by atoms with Gasteiger partial charge in [-0.05, 0) is 6.92 Å². The van der Waals surface area contributed by atoms with Gasteiger partial charge in [0.05, 0.1) is 6.54 Å². The van der Waals surface area contributed by atoms with Crippen molar-refractivity contribution < 1.29 is 22.1 Å². The molecule has 10 heteroatoms. The first-order valence-electron chi connectivity index (χ1n) is 6.92. The summed E-state index contributed by atoms with van der Waals surface area (Å²) in [6, 6.07) is 0. The van der Waals surface area contributed by atoms with Crippen molar-refractivity contribution in [2.24, 2.45) is 0 Å². The van der Waals surface area contributed by atoms with Crippen molar-refractivity contribution in [1.29, 1.82) is 0 Å². The minimum Gasteiger partial charge on any atom is -0.364 e. The van der Waals surface area contributed by atoms with E-state index < -0.39 is 29.2 Å². The van der Waals surface area contributed by atoms with Gasteiger partial charge in [0.25, 0.3) is 11.9 Å². The third-order valence-electron chi connectivity index (χ3n) is 3.59. The molecule has 1 fully saturated rings. The van der Waals surface area contributed by atoms with Crippen molar-refractivity contribution in [3.8, 4) is 0 Å². The van der Waals surface area contributed by atoms with Gasteiger partial charge in [-0.1, -0.05) is 5.16 Å². The maximum Gasteiger partial charge on any atom is 0.253 e. The van der Waals surface area contributed by atoms with E-state index in [1.54, 1.807) is 6.92 Å². The molecule has 0 unspecified atom stereocenters. The van der Waals surface area contributed by atoms with Gasteiger partial charge >= 0.3 is 0 Å². The van der Waals surface area contributed by atoms with Crippen molar-refractivity contribution in [2.45, 2.75) is 13.5 Å². The molecule has 0 atom stereocenters. The average molecular weight is 331 g/mol. The summed E-state index contributed by atoms with van der Waals surface area (Å²) in [5.74, 6) is -5.31. The maximum absolute atomic E-state index is 13.7. The fraction of sp³-hybridized carbons (Fsp3) is 0.462. The van der Waals surface area contributed by atoms with E-state index in [1.807, 2.05) is 4.90 Å². The van der Waals surface area contributed by atoms with Crippen LogP contribution in [0.1, 0.15) is 11.7 Å². The highest BCUT2D eigenvalue weighted by Crippen LogP contribution is 2.27. The molecule has 0 bridgehead atoms. The Morgan fingerprint density at radius 1 is 0.957 bits per heavy atom. The van der Waals surface area contributed by atoms with Crippen LogP contribution in [0.4, 0.5) is 23.2 Å². The molecule has 2 aromatic rings. The van der Waals surface area contributed by atoms with Gasteiger partial charge in [-0.3, -0.25) is 4.90 Å². The van der Waals surface area contributed by atoms with Crippen LogP contribution in [0.3, 0.4) is 0 Å². The van der Waals surface area contributed by atoms with E-state index in [4.69, 9.17) is 4.52 Å². The smallest absolute Gasteiger partial charge is 0.253 e. The van der Waals surface area contributed by atoms with Crippen LogP contribution >= 0.6 is 0 Å². The molecule has 1 aliphatic rings. The molecule has 0 aromatic carbocycles. The van der Waals surface area contributed by atoms with Crippen LogP contribution in [0.2, 0.25) is 0 Å². The first-order valence-corrected chi connectivity index (χ1v) is 6.92. The van der Waals surface area contributed by atoms with Crippen LogP contribution < -0.4 is 4.90 Å². The number of piperazine rings is 1. The number of hydrogen-bond donors (Lipinski definition) is 0. The second kappa shape index (κ2) is 6.11. The fourth-order valence-electron chi connectivity index (χ4n) is 2.48. The molecular formula is C13H13F4N5O. The maximum atomic E-state index is 13.7. The average Bonchev–Trinajstić information content (AvgIpc) is 2.92. The van der Waals surface area contributed by atoms with Crippen molar-refractivity contribution in [1.82, 2.24) is 20.0 Å². The Hall–Kier alpha value is -2.23. The summed E-state index contributed by atoms with van der Waals surface area (Å²) < 4.78 is 58.9. The molecule has 3 rings (SSSR count). The second-order valence-electron chi connectivity index (χ2n) is 5.17. The quantitative estimate of drug-likeness (QED) is 0.630. The molecule has 0 saturated carbocycles. The Labute approximate surface area is 128 Å². The van der Waals surface area contributed by atoms with Gasteiger partial charge < -0.3 is 9.42 Å². The first-order chi connectivity index (χ1) is 11.0. The summed E-state index contributed by atoms with van der Waals surface area (Å²) >= 11 is 0. The van der Waals surface area contributed by atoms with Crippen molar-refractivity contribution in [3.05, 3.63) is 35.2 Å². The van der Waals surface area contributed by atoms with Gasteiger partial charge in [-0.25, -0.2) is 0 Å². The molecule has 2 aromatic heterocycles. The highest BCUT2D eigenvalue weighted by Gasteiger charge is 2.28. The standard InChI is InChI=1S/C13H13F4N5O/c1-7-18-8(23-20-7)6-21-2-4-22(5-3-21)11-9(14)12(16)19-13(17)10(11)15/h2-6H2,1H3. The number of halogens is 4. The summed E-state index contributed by atoms with van der Waals surface area (Å²) in [4.78, 5) is 9.82. The monoisotopic (exact) mass is 331 g/mol. The summed E-state index contributed by atoms with van der Waals surface area (Å²) in [5, 5.41) is 3.67. The zero-order valence-electron chi connectivity index (χ0n) is 12.2. The van der Waals surface area contributed by atoms with E-state index in [0.29, 0.717) is 31.3 Å². The Kier molecular flexibility index (Phi) is 4.16. The number of hydrogen-bond acceptors (Lipinski definition) is 6. The lowest BCUT2D eigenvalue weighted by molar-refractivity contribution is 0.214. The van der Waals surface area contributed by atoms with Crippen LogP contribution in [-0.4, -0.2) is 46.2 Å². The Balaban J connectivity index is 1.70. The molecule has 0 amide bonds. The van der Waals surface area contributed by atoms with E-state index in [1.165, 1.54) is 4.90 Å². The Bertz CT molecular complexity index is 688. The first kappa shape index (κ1) is 15.7. The van der Waals surface area contributed by atoms with E-state index in [-0.39, 0.29) is 13.1 Å². The van der Waals surface area contributed by atoms with Gasteiger partial charge in [0, 0.05) is 26.2 Å². The molecule has 124 valence electrons. The number of nitrogens with zero attached hydrogens (tertiary/aromatic N) is 5. The van der Waals surface area contributed by atoms with Crippen LogP contribution in [0, 0.1) is 30.5 Å². The number of rotatable bonds is 3. The summed E-state index contributed by atoms with van der Waals surface area (Å²) in [6.45, 7) is 3.34. The zero-order chi connectivity index (χ0) is 16.6. The van der Waals surface area contributed by atoms with E-state index in [2.05, 4.69) is 15.1 Å². The topological polar surface area (TPSA) is 58.3 Å². The predicted molar refractivity (Wildman–Crippen MR) is 70.6 cm³/mol. The Morgan fingerprint density at radius 2 is 1.57 bits per heavy atom. The number of aryl methyl sites for hydroxylation is 1. The molecule has 3 heterocycles. The SMILES string of the molecule is Cc1noc(CN2CCN(c3c(F)c(F)nc(F)c3F)CC2)n1. The van der Waals surface area contributed by atoms with Crippen LogP contribution in [0.25, 0.3) is 0 Å². The lowest BCUT2D eigenvalue weighted by Gasteiger charge is -2.35. The second-order valence-corrected chi connectivity index (χ2v) is 5.17. The molecule has 1 saturated heterocycles. The van der Waals surface area contributed by atoms with E-state index in [9.17, 15) is 17.6 Å². The van der Waals surface area contributed by atoms with Crippen LogP contribution in [-0.2, 0) is 6.54 Å². The number of pyridine rings is 1. The van der Waals surface area contributed by atoms with Crippen molar-refractivity contribution in [2.75, 3.05) is 31.1 Å². The number of aromatic nitrogens is 3. The molecule has 0 aliphatic carbocycles. The highest BCUT2D eigenvalue weighted by atomic mass is 19.2. The van der Waals surface area contributed by atoms with Crippen LogP contribution in [0.5, 0.6) is 0 Å². The largest absolute Gasteiger partial charge is 0.364 e. The minimum absolute atomic E-state index is 0.198. The van der Waals surface area contributed by atoms with Gasteiger partial charge in [-0.15, -0.1) is 0 Å². The molecule has 1 aliphatic heterocycles. The molecule has 23 heavy (non-hydrogen) atoms. The van der Waals surface area contributed by atoms with Gasteiger partial charge in [0.15, 0.2) is 5.82 Å². The lowest BCUT2D eigenvalue weighted by Crippen LogP contribution is -2.46.